The van der Waals surface area contributed by atoms with Gasteiger partial charge in [-0.25, -0.2) is 0 Å². The van der Waals surface area contributed by atoms with E-state index in [1.54, 1.807) is 0 Å². The maximum Gasteiger partial charge on any atom is 0.0484 e. The standard InChI is InChI=1S/C11H17BrN2/c1-8-3-4-11(10(12)7-8)14-6-5-9(2)13/h3-4,7,9,14H,5-6,13H2,1-2H3. The van der Waals surface area contributed by atoms with E-state index in [2.05, 4.69) is 46.4 Å². The van der Waals surface area contributed by atoms with E-state index in [0.717, 1.165) is 23.1 Å². The molecule has 0 heterocycles. The van der Waals surface area contributed by atoms with Crippen LogP contribution in [0.1, 0.15) is 18.9 Å². The predicted molar refractivity (Wildman–Crippen MR) is 65.6 cm³/mol. The molecule has 0 radical (unpaired) electrons. The fraction of sp³-hybridized carbons (Fsp3) is 0.455. The Hall–Kier alpha value is -0.540. The normalized spacial score (nSPS) is 12.6. The van der Waals surface area contributed by atoms with Crippen molar-refractivity contribution in [1.82, 2.24) is 0 Å². The van der Waals surface area contributed by atoms with Crippen LogP contribution < -0.4 is 11.1 Å². The molecule has 1 aromatic rings. The Bertz CT molecular complexity index is 297. The zero-order valence-electron chi connectivity index (χ0n) is 8.68. The van der Waals surface area contributed by atoms with Gasteiger partial charge in [0.05, 0.1) is 0 Å². The summed E-state index contributed by atoms with van der Waals surface area (Å²) in [5.41, 5.74) is 8.06. The largest absolute Gasteiger partial charge is 0.384 e. The highest BCUT2D eigenvalue weighted by atomic mass is 79.9. The first-order valence-electron chi connectivity index (χ1n) is 4.85. The highest BCUT2D eigenvalue weighted by Gasteiger charge is 1.99. The lowest BCUT2D eigenvalue weighted by Crippen LogP contribution is -2.19. The van der Waals surface area contributed by atoms with E-state index >= 15 is 0 Å². The number of hydrogen-bond donors (Lipinski definition) is 2. The molecule has 0 saturated carbocycles. The third-order valence-corrected chi connectivity index (χ3v) is 2.70. The Morgan fingerprint density at radius 1 is 1.50 bits per heavy atom. The van der Waals surface area contributed by atoms with Gasteiger partial charge in [-0.2, -0.15) is 0 Å². The molecule has 0 aliphatic rings. The molecule has 1 aromatic carbocycles. The van der Waals surface area contributed by atoms with Crippen molar-refractivity contribution in [3.63, 3.8) is 0 Å². The maximum atomic E-state index is 5.67. The molecule has 0 fully saturated rings. The van der Waals surface area contributed by atoms with E-state index in [4.69, 9.17) is 5.73 Å². The lowest BCUT2D eigenvalue weighted by atomic mass is 10.2. The summed E-state index contributed by atoms with van der Waals surface area (Å²) in [6.07, 6.45) is 0.986. The molecule has 3 N–H and O–H groups in total. The number of benzene rings is 1. The number of nitrogens with one attached hydrogen (secondary N) is 1. The first-order chi connectivity index (χ1) is 6.59. The molecule has 0 aliphatic carbocycles. The lowest BCUT2D eigenvalue weighted by molar-refractivity contribution is 0.690. The second-order valence-electron chi connectivity index (χ2n) is 3.68. The molecule has 0 aliphatic heterocycles. The van der Waals surface area contributed by atoms with Crippen molar-refractivity contribution in [1.29, 1.82) is 0 Å². The average molecular weight is 257 g/mol. The van der Waals surface area contributed by atoms with Gasteiger partial charge in [-0.05, 0) is 53.9 Å². The van der Waals surface area contributed by atoms with Crippen molar-refractivity contribution < 1.29 is 0 Å². The van der Waals surface area contributed by atoms with Gasteiger partial charge in [-0.15, -0.1) is 0 Å². The molecule has 14 heavy (non-hydrogen) atoms. The minimum atomic E-state index is 0.256. The summed E-state index contributed by atoms with van der Waals surface area (Å²) in [5, 5.41) is 3.34. The summed E-state index contributed by atoms with van der Waals surface area (Å²) in [7, 11) is 0. The third kappa shape index (κ3) is 3.68. The van der Waals surface area contributed by atoms with Crippen molar-refractivity contribution in [3.05, 3.63) is 28.2 Å². The lowest BCUT2D eigenvalue weighted by Gasteiger charge is -2.10. The summed E-state index contributed by atoms with van der Waals surface area (Å²) in [6, 6.07) is 6.54. The average Bonchev–Trinajstić information content (AvgIpc) is 2.08. The number of rotatable bonds is 4. The molecule has 1 rings (SSSR count). The molecule has 0 spiro atoms. The topological polar surface area (TPSA) is 38.0 Å². The summed E-state index contributed by atoms with van der Waals surface area (Å²) < 4.78 is 1.11. The second-order valence-corrected chi connectivity index (χ2v) is 4.53. The van der Waals surface area contributed by atoms with Crippen molar-refractivity contribution >= 4 is 21.6 Å². The van der Waals surface area contributed by atoms with E-state index in [9.17, 15) is 0 Å². The summed E-state index contributed by atoms with van der Waals surface area (Å²) in [6.45, 7) is 5.02. The minimum Gasteiger partial charge on any atom is -0.384 e. The zero-order chi connectivity index (χ0) is 10.6. The van der Waals surface area contributed by atoms with Crippen molar-refractivity contribution in [2.24, 2.45) is 5.73 Å². The summed E-state index contributed by atoms with van der Waals surface area (Å²) in [4.78, 5) is 0. The van der Waals surface area contributed by atoms with E-state index in [1.165, 1.54) is 5.56 Å². The van der Waals surface area contributed by atoms with Gasteiger partial charge >= 0.3 is 0 Å². The van der Waals surface area contributed by atoms with Crippen molar-refractivity contribution in [3.8, 4) is 0 Å². The number of nitrogens with two attached hydrogens (primary N) is 1. The van der Waals surface area contributed by atoms with Crippen LogP contribution in [0.4, 0.5) is 5.69 Å². The molecule has 2 nitrogen and oxygen atoms in total. The monoisotopic (exact) mass is 256 g/mol. The molecule has 0 bridgehead atoms. The minimum absolute atomic E-state index is 0.256. The quantitative estimate of drug-likeness (QED) is 0.870. The van der Waals surface area contributed by atoms with Gasteiger partial charge in [0.15, 0.2) is 0 Å². The van der Waals surface area contributed by atoms with Gasteiger partial charge in [0.1, 0.15) is 0 Å². The Labute approximate surface area is 94.0 Å². The molecule has 1 atom stereocenters. The first kappa shape index (κ1) is 11.5. The van der Waals surface area contributed by atoms with Crippen LogP contribution in [0.5, 0.6) is 0 Å². The van der Waals surface area contributed by atoms with Crippen LogP contribution in [0.25, 0.3) is 0 Å². The number of aryl methyl sites for hydroxylation is 1. The molecule has 0 aromatic heterocycles. The van der Waals surface area contributed by atoms with Crippen molar-refractivity contribution in [2.45, 2.75) is 26.3 Å². The molecule has 1 unspecified atom stereocenters. The van der Waals surface area contributed by atoms with E-state index in [-0.39, 0.29) is 6.04 Å². The number of halogens is 1. The van der Waals surface area contributed by atoms with Crippen LogP contribution in [0.3, 0.4) is 0 Å². The van der Waals surface area contributed by atoms with Gasteiger partial charge < -0.3 is 11.1 Å². The van der Waals surface area contributed by atoms with Crippen LogP contribution in [-0.4, -0.2) is 12.6 Å². The second kappa shape index (κ2) is 5.37. The molecule has 3 heteroatoms. The molecule has 0 saturated heterocycles. The fourth-order valence-corrected chi connectivity index (χ4v) is 1.83. The van der Waals surface area contributed by atoms with Crippen LogP contribution in [0.2, 0.25) is 0 Å². The van der Waals surface area contributed by atoms with Crippen molar-refractivity contribution in [2.75, 3.05) is 11.9 Å². The van der Waals surface area contributed by atoms with E-state index in [1.807, 2.05) is 6.92 Å². The highest BCUT2D eigenvalue weighted by molar-refractivity contribution is 9.10. The van der Waals surface area contributed by atoms with Crippen LogP contribution in [-0.2, 0) is 0 Å². The SMILES string of the molecule is Cc1ccc(NCCC(C)N)c(Br)c1. The Morgan fingerprint density at radius 3 is 2.79 bits per heavy atom. The Balaban J connectivity index is 2.51. The van der Waals surface area contributed by atoms with Crippen LogP contribution in [0, 0.1) is 6.92 Å². The zero-order valence-corrected chi connectivity index (χ0v) is 10.3. The fourth-order valence-electron chi connectivity index (χ4n) is 1.20. The first-order valence-corrected chi connectivity index (χ1v) is 5.64. The van der Waals surface area contributed by atoms with Crippen LogP contribution >= 0.6 is 15.9 Å². The van der Waals surface area contributed by atoms with Gasteiger partial charge in [-0.3, -0.25) is 0 Å². The molecule has 78 valence electrons. The van der Waals surface area contributed by atoms with Gasteiger partial charge in [0.2, 0.25) is 0 Å². The molecule has 0 amide bonds. The predicted octanol–water partition coefficient (Wildman–Crippen LogP) is 2.91. The molecular formula is C11H17BrN2. The smallest absolute Gasteiger partial charge is 0.0484 e. The third-order valence-electron chi connectivity index (χ3n) is 2.04. The number of anilines is 1. The summed E-state index contributed by atoms with van der Waals surface area (Å²) in [5.74, 6) is 0. The maximum absolute atomic E-state index is 5.67. The Kier molecular flexibility index (Phi) is 4.42. The molecular weight excluding hydrogens is 240 g/mol. The van der Waals surface area contributed by atoms with E-state index in [0.29, 0.717) is 0 Å². The van der Waals surface area contributed by atoms with Gasteiger partial charge in [0, 0.05) is 22.7 Å². The Morgan fingerprint density at radius 2 is 2.21 bits per heavy atom. The van der Waals surface area contributed by atoms with Gasteiger partial charge in [-0.1, -0.05) is 6.07 Å². The highest BCUT2D eigenvalue weighted by Crippen LogP contribution is 2.23. The summed E-state index contributed by atoms with van der Waals surface area (Å²) >= 11 is 3.52. The van der Waals surface area contributed by atoms with Crippen LogP contribution in [0.15, 0.2) is 22.7 Å². The number of hydrogen-bond acceptors (Lipinski definition) is 2. The van der Waals surface area contributed by atoms with E-state index < -0.39 is 0 Å². The van der Waals surface area contributed by atoms with Gasteiger partial charge in [0.25, 0.3) is 0 Å².